The molecule has 2 rings (SSSR count). The third-order valence-corrected chi connectivity index (χ3v) is 4.35. The molecule has 0 heterocycles. The Bertz CT molecular complexity index is 720. The van der Waals surface area contributed by atoms with Gasteiger partial charge in [-0.15, -0.1) is 0 Å². The van der Waals surface area contributed by atoms with Crippen LogP contribution in [0.1, 0.15) is 44.4 Å². The summed E-state index contributed by atoms with van der Waals surface area (Å²) in [5.41, 5.74) is 9.31. The average molecular weight is 357 g/mol. The smallest absolute Gasteiger partial charge is 0.127 e. The maximum atomic E-state index is 6.03. The molecule has 0 saturated heterocycles. The number of benzene rings is 2. The Balaban J connectivity index is 2.02. The number of hydrogen-bond donors (Lipinski definition) is 1. The first kappa shape index (κ1) is 20.1. The monoisotopic (exact) mass is 357 g/mol. The van der Waals surface area contributed by atoms with E-state index in [1.807, 2.05) is 18.2 Å². The SMILES string of the molecule is CCc1ccc(OCCOc2cc(OC)ccc2CN)c(C(C)(C)C)c1. The standard InChI is InChI=1S/C22H31NO3/c1-6-16-7-10-20(19(13-16)22(2,3)4)25-11-12-26-21-14-18(24-5)9-8-17(21)15-23/h7-10,13-14H,6,11-12,15,23H2,1-5H3. The Morgan fingerprint density at radius 2 is 1.62 bits per heavy atom. The zero-order valence-electron chi connectivity index (χ0n) is 16.6. The topological polar surface area (TPSA) is 53.7 Å². The first-order valence-electron chi connectivity index (χ1n) is 9.15. The Morgan fingerprint density at radius 1 is 0.923 bits per heavy atom. The van der Waals surface area contributed by atoms with Crippen molar-refractivity contribution in [3.63, 3.8) is 0 Å². The van der Waals surface area contributed by atoms with Gasteiger partial charge >= 0.3 is 0 Å². The molecule has 4 heteroatoms. The highest BCUT2D eigenvalue weighted by Crippen LogP contribution is 2.32. The Morgan fingerprint density at radius 3 is 2.19 bits per heavy atom. The normalized spacial score (nSPS) is 11.3. The van der Waals surface area contributed by atoms with E-state index in [0.717, 1.165) is 29.2 Å². The minimum atomic E-state index is 0.0287. The largest absolute Gasteiger partial charge is 0.497 e. The second kappa shape index (κ2) is 8.95. The molecule has 0 fully saturated rings. The molecule has 0 aliphatic carbocycles. The fourth-order valence-corrected chi connectivity index (χ4v) is 2.78. The van der Waals surface area contributed by atoms with Crippen molar-refractivity contribution in [2.75, 3.05) is 20.3 Å². The fourth-order valence-electron chi connectivity index (χ4n) is 2.78. The van der Waals surface area contributed by atoms with E-state index in [-0.39, 0.29) is 5.41 Å². The van der Waals surface area contributed by atoms with Crippen molar-refractivity contribution in [2.45, 2.75) is 46.1 Å². The first-order chi connectivity index (χ1) is 12.4. The lowest BCUT2D eigenvalue weighted by molar-refractivity contribution is 0.212. The fraction of sp³-hybridized carbons (Fsp3) is 0.455. The molecule has 0 radical (unpaired) electrons. The van der Waals surface area contributed by atoms with Gasteiger partial charge in [-0.25, -0.2) is 0 Å². The molecule has 0 spiro atoms. The molecule has 0 saturated carbocycles. The van der Waals surface area contributed by atoms with E-state index < -0.39 is 0 Å². The molecule has 26 heavy (non-hydrogen) atoms. The van der Waals surface area contributed by atoms with Crippen LogP contribution in [0, 0.1) is 0 Å². The molecule has 4 nitrogen and oxygen atoms in total. The maximum absolute atomic E-state index is 6.03. The van der Waals surface area contributed by atoms with E-state index >= 15 is 0 Å². The second-order valence-electron chi connectivity index (χ2n) is 7.31. The Labute approximate surface area is 157 Å². The molecule has 0 amide bonds. The molecule has 2 aromatic carbocycles. The van der Waals surface area contributed by atoms with Crippen LogP contribution < -0.4 is 19.9 Å². The summed E-state index contributed by atoms with van der Waals surface area (Å²) in [7, 11) is 1.64. The van der Waals surface area contributed by atoms with E-state index in [2.05, 4.69) is 45.9 Å². The Kier molecular flexibility index (Phi) is 6.92. The van der Waals surface area contributed by atoms with E-state index in [9.17, 15) is 0 Å². The van der Waals surface area contributed by atoms with Gasteiger partial charge in [-0.05, 0) is 35.1 Å². The van der Waals surface area contributed by atoms with Gasteiger partial charge in [-0.2, -0.15) is 0 Å². The van der Waals surface area contributed by atoms with E-state index in [4.69, 9.17) is 19.9 Å². The van der Waals surface area contributed by atoms with Crippen LogP contribution in [0.3, 0.4) is 0 Å². The van der Waals surface area contributed by atoms with Gasteiger partial charge in [0.1, 0.15) is 30.5 Å². The molecule has 0 bridgehead atoms. The highest BCUT2D eigenvalue weighted by atomic mass is 16.5. The highest BCUT2D eigenvalue weighted by molar-refractivity contribution is 5.42. The third-order valence-electron chi connectivity index (χ3n) is 4.35. The average Bonchev–Trinajstić information content (AvgIpc) is 2.64. The van der Waals surface area contributed by atoms with E-state index in [0.29, 0.717) is 19.8 Å². The van der Waals surface area contributed by atoms with Crippen molar-refractivity contribution < 1.29 is 14.2 Å². The van der Waals surface area contributed by atoms with E-state index in [1.54, 1.807) is 7.11 Å². The lowest BCUT2D eigenvalue weighted by Crippen LogP contribution is -2.16. The molecule has 0 aromatic heterocycles. The van der Waals surface area contributed by atoms with Crippen LogP contribution in [0.5, 0.6) is 17.2 Å². The van der Waals surface area contributed by atoms with Crippen LogP contribution in [0.4, 0.5) is 0 Å². The van der Waals surface area contributed by atoms with Gasteiger partial charge in [-0.1, -0.05) is 45.9 Å². The van der Waals surface area contributed by atoms with Crippen LogP contribution in [-0.4, -0.2) is 20.3 Å². The quantitative estimate of drug-likeness (QED) is 0.708. The predicted octanol–water partition coefficient (Wildman–Crippen LogP) is 4.47. The van der Waals surface area contributed by atoms with Gasteiger partial charge in [0.25, 0.3) is 0 Å². The van der Waals surface area contributed by atoms with Crippen molar-refractivity contribution in [1.82, 2.24) is 0 Å². The summed E-state index contributed by atoms with van der Waals surface area (Å²) in [5, 5.41) is 0. The highest BCUT2D eigenvalue weighted by Gasteiger charge is 2.19. The summed E-state index contributed by atoms with van der Waals surface area (Å²) < 4.78 is 17.2. The summed E-state index contributed by atoms with van der Waals surface area (Å²) in [4.78, 5) is 0. The zero-order chi connectivity index (χ0) is 19.2. The number of methoxy groups -OCH3 is 1. The maximum Gasteiger partial charge on any atom is 0.127 e. The summed E-state index contributed by atoms with van der Waals surface area (Å²) >= 11 is 0. The summed E-state index contributed by atoms with van der Waals surface area (Å²) in [6.45, 7) is 10.1. The van der Waals surface area contributed by atoms with Gasteiger partial charge < -0.3 is 19.9 Å². The summed E-state index contributed by atoms with van der Waals surface area (Å²) in [6, 6.07) is 12.1. The van der Waals surface area contributed by atoms with E-state index in [1.165, 1.54) is 11.1 Å². The summed E-state index contributed by atoms with van der Waals surface area (Å²) in [5.74, 6) is 2.42. The number of nitrogens with two attached hydrogens (primary N) is 1. The van der Waals surface area contributed by atoms with Gasteiger partial charge in [-0.3, -0.25) is 0 Å². The molecule has 0 atom stereocenters. The number of ether oxygens (including phenoxy) is 3. The van der Waals surface area contributed by atoms with Crippen molar-refractivity contribution >= 4 is 0 Å². The number of aryl methyl sites for hydroxylation is 1. The molecule has 0 aliphatic heterocycles. The molecular weight excluding hydrogens is 326 g/mol. The lowest BCUT2D eigenvalue weighted by Gasteiger charge is -2.24. The van der Waals surface area contributed by atoms with Gasteiger partial charge in [0.2, 0.25) is 0 Å². The van der Waals surface area contributed by atoms with Crippen molar-refractivity contribution in [3.8, 4) is 17.2 Å². The molecule has 0 aliphatic rings. The predicted molar refractivity (Wildman–Crippen MR) is 106 cm³/mol. The van der Waals surface area contributed by atoms with Crippen LogP contribution in [-0.2, 0) is 18.4 Å². The first-order valence-corrected chi connectivity index (χ1v) is 9.15. The van der Waals surface area contributed by atoms with Crippen molar-refractivity contribution in [1.29, 1.82) is 0 Å². The lowest BCUT2D eigenvalue weighted by atomic mass is 9.85. The second-order valence-corrected chi connectivity index (χ2v) is 7.31. The zero-order valence-corrected chi connectivity index (χ0v) is 16.6. The third kappa shape index (κ3) is 5.15. The minimum absolute atomic E-state index is 0.0287. The van der Waals surface area contributed by atoms with Crippen molar-refractivity contribution in [2.24, 2.45) is 5.73 Å². The van der Waals surface area contributed by atoms with Crippen LogP contribution in [0.2, 0.25) is 0 Å². The number of hydrogen-bond acceptors (Lipinski definition) is 4. The molecule has 2 N–H and O–H groups in total. The van der Waals surface area contributed by atoms with Crippen LogP contribution in [0.15, 0.2) is 36.4 Å². The van der Waals surface area contributed by atoms with Gasteiger partial charge in [0.15, 0.2) is 0 Å². The van der Waals surface area contributed by atoms with Gasteiger partial charge in [0, 0.05) is 18.2 Å². The molecule has 2 aromatic rings. The number of rotatable bonds is 8. The Hall–Kier alpha value is -2.20. The summed E-state index contributed by atoms with van der Waals surface area (Å²) in [6.07, 6.45) is 1.02. The van der Waals surface area contributed by atoms with Crippen molar-refractivity contribution in [3.05, 3.63) is 53.1 Å². The van der Waals surface area contributed by atoms with Crippen LogP contribution >= 0.6 is 0 Å². The minimum Gasteiger partial charge on any atom is -0.497 e. The molecule has 0 unspecified atom stereocenters. The van der Waals surface area contributed by atoms with Crippen LogP contribution in [0.25, 0.3) is 0 Å². The van der Waals surface area contributed by atoms with Gasteiger partial charge in [0.05, 0.1) is 7.11 Å². The molecule has 142 valence electrons. The molecular formula is C22H31NO3.